The van der Waals surface area contributed by atoms with E-state index in [0.29, 0.717) is 23.6 Å². The van der Waals surface area contributed by atoms with Gasteiger partial charge in [0.1, 0.15) is 23.8 Å². The molecule has 0 aliphatic heterocycles. The molecule has 0 atom stereocenters. The molecule has 0 aliphatic carbocycles. The molecule has 0 fully saturated rings. The number of aryl methyl sites for hydroxylation is 1. The summed E-state index contributed by atoms with van der Waals surface area (Å²) in [5, 5.41) is 3.83. The lowest BCUT2D eigenvalue weighted by molar-refractivity contribution is 0.287. The zero-order chi connectivity index (χ0) is 12.3. The summed E-state index contributed by atoms with van der Waals surface area (Å²) in [5.74, 6) is 3.89. The van der Waals surface area contributed by atoms with Crippen LogP contribution in [0, 0.1) is 19.3 Å². The molecule has 0 saturated carbocycles. The van der Waals surface area contributed by atoms with E-state index in [4.69, 9.17) is 21.4 Å². The van der Waals surface area contributed by atoms with Gasteiger partial charge >= 0.3 is 0 Å². The lowest BCUT2D eigenvalue weighted by atomic mass is 10.2. The normalized spacial score (nSPS) is 9.88. The van der Waals surface area contributed by atoms with Crippen molar-refractivity contribution in [1.82, 2.24) is 5.16 Å². The van der Waals surface area contributed by atoms with Gasteiger partial charge in [-0.2, -0.15) is 0 Å². The fourth-order valence-corrected chi connectivity index (χ4v) is 1.42. The van der Waals surface area contributed by atoms with E-state index >= 15 is 0 Å². The molecule has 4 heteroatoms. The summed E-state index contributed by atoms with van der Waals surface area (Å²) in [6, 6.07) is 7.00. The Morgan fingerprint density at radius 1 is 1.47 bits per heavy atom. The first-order chi connectivity index (χ1) is 8.19. The van der Waals surface area contributed by atoms with E-state index < -0.39 is 0 Å². The molecular weight excluding hydrogens is 216 g/mol. The minimum absolute atomic E-state index is 0.315. The van der Waals surface area contributed by atoms with Crippen molar-refractivity contribution in [2.45, 2.75) is 13.5 Å². The van der Waals surface area contributed by atoms with Crippen LogP contribution in [0.15, 0.2) is 28.8 Å². The Balaban J connectivity index is 2.12. The van der Waals surface area contributed by atoms with Crippen LogP contribution >= 0.6 is 0 Å². The van der Waals surface area contributed by atoms with Gasteiger partial charge in [0, 0.05) is 11.8 Å². The molecule has 86 valence electrons. The average molecular weight is 228 g/mol. The number of nitrogen functional groups attached to an aromatic ring is 1. The van der Waals surface area contributed by atoms with Crippen LogP contribution in [0.4, 0.5) is 5.69 Å². The van der Waals surface area contributed by atoms with Gasteiger partial charge in [-0.1, -0.05) is 11.1 Å². The van der Waals surface area contributed by atoms with Crippen molar-refractivity contribution in [2.75, 3.05) is 5.73 Å². The van der Waals surface area contributed by atoms with Crippen molar-refractivity contribution >= 4 is 5.69 Å². The van der Waals surface area contributed by atoms with Crippen molar-refractivity contribution in [3.8, 4) is 18.1 Å². The highest BCUT2D eigenvalue weighted by molar-refractivity contribution is 5.54. The third kappa shape index (κ3) is 2.58. The second-order valence-corrected chi connectivity index (χ2v) is 3.62. The van der Waals surface area contributed by atoms with E-state index in [9.17, 15) is 0 Å². The van der Waals surface area contributed by atoms with Crippen LogP contribution in [-0.4, -0.2) is 5.16 Å². The Morgan fingerprint density at radius 3 is 2.94 bits per heavy atom. The number of rotatable bonds is 3. The second-order valence-electron chi connectivity index (χ2n) is 3.62. The number of nitrogens with zero attached hydrogens (tertiary/aromatic N) is 1. The van der Waals surface area contributed by atoms with Crippen LogP contribution in [-0.2, 0) is 6.61 Å². The minimum Gasteiger partial charge on any atom is -0.486 e. The maximum atomic E-state index is 5.64. The Morgan fingerprint density at radius 2 is 2.29 bits per heavy atom. The molecule has 0 aliphatic rings. The summed E-state index contributed by atoms with van der Waals surface area (Å²) in [6.07, 6.45) is 5.37. The molecule has 0 saturated heterocycles. The lowest BCUT2D eigenvalue weighted by Crippen LogP contribution is -1.98. The largest absolute Gasteiger partial charge is 0.486 e. The van der Waals surface area contributed by atoms with Gasteiger partial charge in [0.05, 0.1) is 5.56 Å². The van der Waals surface area contributed by atoms with Gasteiger partial charge in [0.25, 0.3) is 0 Å². The van der Waals surface area contributed by atoms with Crippen LogP contribution in [0.2, 0.25) is 0 Å². The number of nitrogens with two attached hydrogens (primary N) is 1. The zero-order valence-electron chi connectivity index (χ0n) is 9.43. The minimum atomic E-state index is 0.315. The van der Waals surface area contributed by atoms with E-state index in [-0.39, 0.29) is 0 Å². The number of terminal acetylenes is 1. The maximum absolute atomic E-state index is 5.64. The van der Waals surface area contributed by atoms with E-state index in [1.165, 1.54) is 0 Å². The predicted octanol–water partition coefficient (Wildman–Crippen LogP) is 2.13. The average Bonchev–Trinajstić information content (AvgIpc) is 2.73. The topological polar surface area (TPSA) is 61.3 Å². The molecule has 0 radical (unpaired) electrons. The summed E-state index contributed by atoms with van der Waals surface area (Å²) >= 11 is 0. The maximum Gasteiger partial charge on any atom is 0.135 e. The molecule has 1 aromatic carbocycles. The van der Waals surface area contributed by atoms with Crippen molar-refractivity contribution in [2.24, 2.45) is 0 Å². The van der Waals surface area contributed by atoms with Crippen LogP contribution in [0.25, 0.3) is 0 Å². The smallest absolute Gasteiger partial charge is 0.135 e. The van der Waals surface area contributed by atoms with E-state index in [2.05, 4.69) is 11.1 Å². The van der Waals surface area contributed by atoms with Crippen LogP contribution in [0.1, 0.15) is 17.0 Å². The molecule has 1 heterocycles. The first kappa shape index (κ1) is 11.1. The SMILES string of the molecule is C#Cc1cc(N)ccc1OCc1cc(C)on1. The molecule has 0 unspecified atom stereocenters. The number of anilines is 1. The first-order valence-electron chi connectivity index (χ1n) is 5.10. The molecule has 17 heavy (non-hydrogen) atoms. The lowest BCUT2D eigenvalue weighted by Gasteiger charge is -2.07. The number of ether oxygens (including phenoxy) is 1. The third-order valence-electron chi connectivity index (χ3n) is 2.21. The van der Waals surface area contributed by atoms with Gasteiger partial charge in [0.2, 0.25) is 0 Å². The molecule has 1 aromatic heterocycles. The van der Waals surface area contributed by atoms with Gasteiger partial charge in [-0.3, -0.25) is 0 Å². The Labute approximate surface area is 99.4 Å². The van der Waals surface area contributed by atoms with Gasteiger partial charge in [0.15, 0.2) is 0 Å². The molecule has 0 amide bonds. The van der Waals surface area contributed by atoms with Gasteiger partial charge in [-0.05, 0) is 25.1 Å². The Bertz CT molecular complexity index is 567. The quantitative estimate of drug-likeness (QED) is 0.645. The molecule has 0 spiro atoms. The van der Waals surface area contributed by atoms with Gasteiger partial charge in [-0.15, -0.1) is 6.42 Å². The summed E-state index contributed by atoms with van der Waals surface area (Å²) in [5.41, 5.74) is 7.60. The monoisotopic (exact) mass is 228 g/mol. The summed E-state index contributed by atoms with van der Waals surface area (Å²) in [7, 11) is 0. The van der Waals surface area contributed by atoms with Crippen molar-refractivity contribution < 1.29 is 9.26 Å². The van der Waals surface area contributed by atoms with E-state index in [0.717, 1.165) is 11.5 Å². The van der Waals surface area contributed by atoms with Crippen molar-refractivity contribution in [1.29, 1.82) is 0 Å². The molecule has 0 bridgehead atoms. The fourth-order valence-electron chi connectivity index (χ4n) is 1.42. The zero-order valence-corrected chi connectivity index (χ0v) is 9.43. The van der Waals surface area contributed by atoms with E-state index in [1.807, 2.05) is 13.0 Å². The van der Waals surface area contributed by atoms with Gasteiger partial charge < -0.3 is 15.0 Å². The molecule has 2 N–H and O–H groups in total. The van der Waals surface area contributed by atoms with E-state index in [1.54, 1.807) is 18.2 Å². The molecule has 2 rings (SSSR count). The number of hydrogen-bond acceptors (Lipinski definition) is 4. The van der Waals surface area contributed by atoms with Crippen LogP contribution < -0.4 is 10.5 Å². The summed E-state index contributed by atoms with van der Waals surface area (Å²) < 4.78 is 10.5. The Hall–Kier alpha value is -2.41. The van der Waals surface area contributed by atoms with Gasteiger partial charge in [-0.25, -0.2) is 0 Å². The number of benzene rings is 1. The highest BCUT2D eigenvalue weighted by Crippen LogP contribution is 2.21. The predicted molar refractivity (Wildman–Crippen MR) is 64.4 cm³/mol. The van der Waals surface area contributed by atoms with Crippen LogP contribution in [0.5, 0.6) is 5.75 Å². The molecule has 2 aromatic rings. The number of aromatic nitrogens is 1. The highest BCUT2D eigenvalue weighted by Gasteiger charge is 2.05. The summed E-state index contributed by atoms with van der Waals surface area (Å²) in [4.78, 5) is 0. The number of hydrogen-bond donors (Lipinski definition) is 1. The highest BCUT2D eigenvalue weighted by atomic mass is 16.5. The molecule has 4 nitrogen and oxygen atoms in total. The first-order valence-corrected chi connectivity index (χ1v) is 5.10. The summed E-state index contributed by atoms with van der Waals surface area (Å²) in [6.45, 7) is 2.14. The van der Waals surface area contributed by atoms with Crippen molar-refractivity contribution in [3.63, 3.8) is 0 Å². The van der Waals surface area contributed by atoms with Crippen molar-refractivity contribution in [3.05, 3.63) is 41.3 Å². The Kier molecular flexibility index (Phi) is 3.01. The molecular formula is C13H12N2O2. The third-order valence-corrected chi connectivity index (χ3v) is 2.21. The fraction of sp³-hybridized carbons (Fsp3) is 0.154. The van der Waals surface area contributed by atoms with Crippen LogP contribution in [0.3, 0.4) is 0 Å². The standard InChI is InChI=1S/C13H12N2O2/c1-3-10-7-11(14)4-5-13(10)16-8-12-6-9(2)17-15-12/h1,4-7H,8,14H2,2H3. The second kappa shape index (κ2) is 4.62.